The van der Waals surface area contributed by atoms with E-state index in [-0.39, 0.29) is 30.8 Å². The summed E-state index contributed by atoms with van der Waals surface area (Å²) in [7, 11) is 0. The van der Waals surface area contributed by atoms with E-state index in [9.17, 15) is 14.0 Å². The number of rotatable bonds is 10. The molecule has 1 saturated carbocycles. The van der Waals surface area contributed by atoms with Crippen LogP contribution in [-0.2, 0) is 6.54 Å². The predicted octanol–water partition coefficient (Wildman–Crippen LogP) is 3.90. The fraction of sp³-hybridized carbons (Fsp3) is 0.400. The Morgan fingerprint density at radius 2 is 2.00 bits per heavy atom. The molecule has 1 aliphatic carbocycles. The molecule has 35 heavy (non-hydrogen) atoms. The zero-order valence-electron chi connectivity index (χ0n) is 19.7. The lowest BCUT2D eigenvalue weighted by atomic mass is 10.1. The highest BCUT2D eigenvalue weighted by Crippen LogP contribution is 2.27. The van der Waals surface area contributed by atoms with Crippen molar-refractivity contribution in [3.05, 3.63) is 68.7 Å². The van der Waals surface area contributed by atoms with E-state index in [0.717, 1.165) is 31.2 Å². The molecule has 186 valence electrons. The normalized spacial score (nSPS) is 13.1. The number of aromatic nitrogens is 2. The predicted molar refractivity (Wildman–Crippen MR) is 136 cm³/mol. The molecule has 8 nitrogen and oxygen atoms in total. The number of hydrogen-bond acceptors (Lipinski definition) is 5. The van der Waals surface area contributed by atoms with Crippen molar-refractivity contribution in [2.45, 2.75) is 45.2 Å². The molecular weight excluding hydrogens is 471 g/mol. The van der Waals surface area contributed by atoms with Gasteiger partial charge in [0.25, 0.3) is 5.56 Å². The monoisotopic (exact) mass is 500 g/mol. The first-order valence-corrected chi connectivity index (χ1v) is 12.2. The lowest BCUT2D eigenvalue weighted by molar-refractivity contribution is 0.193. The zero-order chi connectivity index (χ0) is 24.9. The van der Waals surface area contributed by atoms with E-state index in [1.54, 1.807) is 31.2 Å². The molecule has 1 heterocycles. The van der Waals surface area contributed by atoms with Crippen molar-refractivity contribution in [1.29, 1.82) is 0 Å². The second-order valence-corrected chi connectivity index (χ2v) is 9.24. The number of fused-ring (bicyclic) bond motifs is 1. The number of unbranched alkanes of at least 4 members (excludes halogenated alkanes) is 1. The summed E-state index contributed by atoms with van der Waals surface area (Å²) in [6.45, 7) is 3.29. The van der Waals surface area contributed by atoms with Gasteiger partial charge in [0, 0.05) is 36.3 Å². The minimum absolute atomic E-state index is 0.105. The van der Waals surface area contributed by atoms with Gasteiger partial charge in [-0.2, -0.15) is 0 Å². The number of nitrogens with zero attached hydrogens (tertiary/aromatic N) is 3. The Morgan fingerprint density at radius 1 is 1.26 bits per heavy atom. The summed E-state index contributed by atoms with van der Waals surface area (Å²) < 4.78 is 14.2. The first-order chi connectivity index (χ1) is 16.9. The summed E-state index contributed by atoms with van der Waals surface area (Å²) in [5.74, 6) is 0.00867. The molecule has 4 rings (SSSR count). The van der Waals surface area contributed by atoms with Crippen LogP contribution in [0.4, 0.5) is 15.1 Å². The Bertz CT molecular complexity index is 1260. The van der Waals surface area contributed by atoms with Crippen LogP contribution in [0, 0.1) is 12.7 Å². The third kappa shape index (κ3) is 6.10. The Kier molecular flexibility index (Phi) is 7.87. The standard InChI is InChI=1S/C25H30ClFN6O2/c1-16-12-17(21(27)13-20(16)26)14-29-25(35)33(18-8-9-18)11-5-4-10-32(15-28)24-30-22-7-3-2-6-19(22)23(34)31-24/h2-3,6-7,12-13,18H,4-5,8-11,14-15,28H2,1H3,(H,29,35)(H,30,31,34). The molecule has 0 atom stereocenters. The molecule has 0 unspecified atom stereocenters. The quantitative estimate of drug-likeness (QED) is 0.289. The fourth-order valence-electron chi connectivity index (χ4n) is 4.05. The summed E-state index contributed by atoms with van der Waals surface area (Å²) in [4.78, 5) is 36.2. The van der Waals surface area contributed by atoms with Gasteiger partial charge in [0.2, 0.25) is 5.95 Å². The van der Waals surface area contributed by atoms with Crippen LogP contribution in [0.2, 0.25) is 5.02 Å². The summed E-state index contributed by atoms with van der Waals surface area (Å²) in [5.41, 5.74) is 7.52. The highest BCUT2D eigenvalue weighted by molar-refractivity contribution is 6.31. The van der Waals surface area contributed by atoms with Gasteiger partial charge < -0.3 is 20.9 Å². The van der Waals surface area contributed by atoms with Crippen molar-refractivity contribution < 1.29 is 9.18 Å². The molecule has 1 aromatic heterocycles. The molecule has 0 spiro atoms. The van der Waals surface area contributed by atoms with Crippen molar-refractivity contribution in [2.75, 3.05) is 24.7 Å². The smallest absolute Gasteiger partial charge is 0.317 e. The molecular formula is C25H30ClFN6O2. The Labute approximate surface area is 208 Å². The molecule has 2 aromatic carbocycles. The number of carbonyl (C=O) groups excluding carboxylic acids is 1. The van der Waals surface area contributed by atoms with Crippen molar-refractivity contribution >= 4 is 34.5 Å². The number of nitrogens with two attached hydrogens (primary N) is 1. The van der Waals surface area contributed by atoms with Crippen LogP contribution in [0.15, 0.2) is 41.2 Å². The van der Waals surface area contributed by atoms with Crippen molar-refractivity contribution in [3.63, 3.8) is 0 Å². The molecule has 2 amide bonds. The van der Waals surface area contributed by atoms with Crippen LogP contribution in [-0.4, -0.2) is 46.7 Å². The summed E-state index contributed by atoms with van der Waals surface area (Å²) in [6.07, 6.45) is 3.46. The minimum atomic E-state index is -0.430. The highest BCUT2D eigenvalue weighted by atomic mass is 35.5. The number of aryl methyl sites for hydroxylation is 1. The average molecular weight is 501 g/mol. The number of halogens is 2. The van der Waals surface area contributed by atoms with E-state index >= 15 is 0 Å². The van der Waals surface area contributed by atoms with Crippen LogP contribution in [0.1, 0.15) is 36.8 Å². The number of carbonyl (C=O) groups is 1. The van der Waals surface area contributed by atoms with Crippen LogP contribution in [0.25, 0.3) is 10.9 Å². The Balaban J connectivity index is 1.31. The molecule has 3 aromatic rings. The fourth-order valence-corrected chi connectivity index (χ4v) is 4.20. The molecule has 1 aliphatic rings. The molecule has 0 saturated heterocycles. The molecule has 0 aliphatic heterocycles. The zero-order valence-corrected chi connectivity index (χ0v) is 20.4. The number of aromatic amines is 1. The number of benzene rings is 2. The summed E-state index contributed by atoms with van der Waals surface area (Å²) in [5, 5.41) is 3.74. The van der Waals surface area contributed by atoms with Gasteiger partial charge in [0.1, 0.15) is 5.82 Å². The number of urea groups is 1. The number of H-pyrrole nitrogens is 1. The van der Waals surface area contributed by atoms with Crippen LogP contribution >= 0.6 is 11.6 Å². The molecule has 10 heteroatoms. The summed E-state index contributed by atoms with van der Waals surface area (Å²) in [6, 6.07) is 10.1. The van der Waals surface area contributed by atoms with E-state index in [1.807, 2.05) is 15.9 Å². The summed E-state index contributed by atoms with van der Waals surface area (Å²) >= 11 is 5.96. The Hall–Kier alpha value is -3.17. The third-order valence-corrected chi connectivity index (χ3v) is 6.61. The maximum atomic E-state index is 14.2. The average Bonchev–Trinajstić information content (AvgIpc) is 3.68. The third-order valence-electron chi connectivity index (χ3n) is 6.20. The highest BCUT2D eigenvalue weighted by Gasteiger charge is 2.32. The number of nitrogens with one attached hydrogen (secondary N) is 2. The van der Waals surface area contributed by atoms with Gasteiger partial charge in [0.05, 0.1) is 17.6 Å². The van der Waals surface area contributed by atoms with E-state index in [0.29, 0.717) is 40.5 Å². The van der Waals surface area contributed by atoms with Crippen molar-refractivity contribution in [3.8, 4) is 0 Å². The number of amides is 2. The lowest BCUT2D eigenvalue weighted by Crippen LogP contribution is -2.42. The van der Waals surface area contributed by atoms with Gasteiger partial charge in [-0.3, -0.25) is 9.78 Å². The molecule has 4 N–H and O–H groups in total. The maximum Gasteiger partial charge on any atom is 0.317 e. The van der Waals surface area contributed by atoms with Crippen LogP contribution in [0.3, 0.4) is 0 Å². The van der Waals surface area contributed by atoms with E-state index < -0.39 is 5.82 Å². The van der Waals surface area contributed by atoms with Crippen molar-refractivity contribution in [2.24, 2.45) is 5.73 Å². The van der Waals surface area contributed by atoms with Gasteiger partial charge in [-0.15, -0.1) is 0 Å². The maximum absolute atomic E-state index is 14.2. The number of anilines is 1. The van der Waals surface area contributed by atoms with Gasteiger partial charge in [-0.1, -0.05) is 23.7 Å². The Morgan fingerprint density at radius 3 is 2.74 bits per heavy atom. The largest absolute Gasteiger partial charge is 0.334 e. The van der Waals surface area contributed by atoms with Gasteiger partial charge in [-0.25, -0.2) is 14.2 Å². The molecule has 1 fully saturated rings. The lowest BCUT2D eigenvalue weighted by Gasteiger charge is -2.25. The van der Waals surface area contributed by atoms with Crippen LogP contribution in [0.5, 0.6) is 0 Å². The van der Waals surface area contributed by atoms with E-state index in [4.69, 9.17) is 17.3 Å². The van der Waals surface area contributed by atoms with E-state index in [1.165, 1.54) is 6.07 Å². The first-order valence-electron chi connectivity index (χ1n) is 11.8. The SMILES string of the molecule is Cc1cc(CNC(=O)N(CCCCN(CN)c2nc3ccccc3c(=O)[nH]2)C2CC2)c(F)cc1Cl. The van der Waals surface area contributed by atoms with Gasteiger partial charge in [0.15, 0.2) is 0 Å². The molecule has 0 radical (unpaired) electrons. The number of para-hydroxylation sites is 1. The second-order valence-electron chi connectivity index (χ2n) is 8.84. The number of hydrogen-bond donors (Lipinski definition) is 3. The van der Waals surface area contributed by atoms with Gasteiger partial charge >= 0.3 is 6.03 Å². The van der Waals surface area contributed by atoms with Gasteiger partial charge in [-0.05, 0) is 62.4 Å². The second kappa shape index (κ2) is 11.0. The van der Waals surface area contributed by atoms with E-state index in [2.05, 4.69) is 15.3 Å². The minimum Gasteiger partial charge on any atom is -0.334 e. The topological polar surface area (TPSA) is 107 Å². The first kappa shape index (κ1) is 24.9. The van der Waals surface area contributed by atoms with Crippen LogP contribution < -0.4 is 21.5 Å². The molecule has 0 bridgehead atoms. The van der Waals surface area contributed by atoms with Crippen molar-refractivity contribution in [1.82, 2.24) is 20.2 Å².